The molecular weight excluding hydrogens is 324 g/mol. The summed E-state index contributed by atoms with van der Waals surface area (Å²) in [6, 6.07) is 18.5. The van der Waals surface area contributed by atoms with Crippen LogP contribution in [0.15, 0.2) is 48.5 Å². The van der Waals surface area contributed by atoms with Gasteiger partial charge in [0.2, 0.25) is 0 Å². The van der Waals surface area contributed by atoms with Crippen molar-refractivity contribution in [2.75, 3.05) is 0 Å². The molecule has 0 spiro atoms. The SMILES string of the molecule is CCCC1CCC(CCc2ccc([C@H](C)Cc3ccc(C)cc3)cc2)CC1. The molecule has 1 aliphatic carbocycles. The van der Waals surface area contributed by atoms with Crippen LogP contribution in [0, 0.1) is 18.8 Å². The van der Waals surface area contributed by atoms with E-state index in [1.807, 2.05) is 0 Å². The lowest BCUT2D eigenvalue weighted by Gasteiger charge is -2.28. The first-order chi connectivity index (χ1) is 13.1. The van der Waals surface area contributed by atoms with Crippen LogP contribution in [-0.2, 0) is 12.8 Å². The van der Waals surface area contributed by atoms with Gasteiger partial charge in [0, 0.05) is 0 Å². The van der Waals surface area contributed by atoms with E-state index in [2.05, 4.69) is 69.3 Å². The van der Waals surface area contributed by atoms with Gasteiger partial charge in [0.05, 0.1) is 0 Å². The molecule has 0 nitrogen and oxygen atoms in total. The molecule has 1 saturated carbocycles. The van der Waals surface area contributed by atoms with Crippen LogP contribution in [0.2, 0.25) is 0 Å². The number of benzene rings is 2. The lowest BCUT2D eigenvalue weighted by atomic mass is 9.78. The second kappa shape index (κ2) is 10.1. The monoisotopic (exact) mass is 362 g/mol. The van der Waals surface area contributed by atoms with E-state index in [-0.39, 0.29) is 0 Å². The van der Waals surface area contributed by atoms with Crippen LogP contribution in [0.3, 0.4) is 0 Å². The molecule has 3 rings (SSSR count). The normalized spacial score (nSPS) is 21.1. The Morgan fingerprint density at radius 3 is 1.93 bits per heavy atom. The standard InChI is InChI=1S/C27H38/c1-4-5-23-10-12-24(13-11-23)14-15-25-16-18-27(19-17-25)22(3)20-26-8-6-21(2)7-9-26/h6-9,16-19,22-24H,4-5,10-15,20H2,1-3H3/t22-,23?,24?/m1/s1. The van der Waals surface area contributed by atoms with Crippen LogP contribution in [0.25, 0.3) is 0 Å². The molecule has 2 aromatic carbocycles. The van der Waals surface area contributed by atoms with Gasteiger partial charge in [-0.25, -0.2) is 0 Å². The molecule has 2 aromatic rings. The van der Waals surface area contributed by atoms with Gasteiger partial charge in [0.25, 0.3) is 0 Å². The van der Waals surface area contributed by atoms with Gasteiger partial charge in [0.15, 0.2) is 0 Å². The summed E-state index contributed by atoms with van der Waals surface area (Å²) in [7, 11) is 0. The van der Waals surface area contributed by atoms with E-state index < -0.39 is 0 Å². The highest BCUT2D eigenvalue weighted by atomic mass is 14.3. The summed E-state index contributed by atoms with van der Waals surface area (Å²) < 4.78 is 0. The molecule has 0 heteroatoms. The molecule has 1 atom stereocenters. The quantitative estimate of drug-likeness (QED) is 0.448. The molecule has 0 radical (unpaired) electrons. The Balaban J connectivity index is 1.45. The van der Waals surface area contributed by atoms with E-state index in [0.29, 0.717) is 5.92 Å². The summed E-state index contributed by atoms with van der Waals surface area (Å²) in [5.74, 6) is 2.58. The Morgan fingerprint density at radius 1 is 0.778 bits per heavy atom. The highest BCUT2D eigenvalue weighted by Gasteiger charge is 2.20. The Hall–Kier alpha value is -1.56. The summed E-state index contributed by atoms with van der Waals surface area (Å²) in [6.45, 7) is 6.84. The van der Waals surface area contributed by atoms with Crippen LogP contribution >= 0.6 is 0 Å². The highest BCUT2D eigenvalue weighted by molar-refractivity contribution is 5.28. The first kappa shape index (κ1) is 20.2. The van der Waals surface area contributed by atoms with Gasteiger partial charge in [-0.3, -0.25) is 0 Å². The van der Waals surface area contributed by atoms with Crippen LogP contribution in [0.5, 0.6) is 0 Å². The van der Waals surface area contributed by atoms with E-state index in [9.17, 15) is 0 Å². The molecule has 0 N–H and O–H groups in total. The molecule has 0 saturated heterocycles. The van der Waals surface area contributed by atoms with Crippen molar-refractivity contribution in [3.8, 4) is 0 Å². The molecule has 146 valence electrons. The maximum Gasteiger partial charge on any atom is -0.0150 e. The Kier molecular flexibility index (Phi) is 7.56. The van der Waals surface area contributed by atoms with Gasteiger partial charge in [-0.15, -0.1) is 0 Å². The minimum atomic E-state index is 0.579. The third-order valence-electron chi connectivity index (χ3n) is 6.72. The van der Waals surface area contributed by atoms with Gasteiger partial charge < -0.3 is 0 Å². The van der Waals surface area contributed by atoms with Gasteiger partial charge >= 0.3 is 0 Å². The van der Waals surface area contributed by atoms with Crippen LogP contribution < -0.4 is 0 Å². The van der Waals surface area contributed by atoms with Gasteiger partial charge in [-0.1, -0.05) is 106 Å². The molecule has 0 heterocycles. The van der Waals surface area contributed by atoms with Crippen molar-refractivity contribution < 1.29 is 0 Å². The fourth-order valence-electron chi connectivity index (χ4n) is 4.80. The summed E-state index contributed by atoms with van der Waals surface area (Å²) in [5.41, 5.74) is 5.78. The van der Waals surface area contributed by atoms with Crippen LogP contribution in [0.4, 0.5) is 0 Å². The molecule has 0 bridgehead atoms. The highest BCUT2D eigenvalue weighted by Crippen LogP contribution is 2.34. The van der Waals surface area contributed by atoms with E-state index in [1.54, 1.807) is 0 Å². The van der Waals surface area contributed by atoms with Crippen molar-refractivity contribution >= 4 is 0 Å². The topological polar surface area (TPSA) is 0 Å². The molecule has 0 aliphatic heterocycles. The summed E-state index contributed by atoms with van der Waals surface area (Å²) in [4.78, 5) is 0. The van der Waals surface area contributed by atoms with Crippen molar-refractivity contribution in [3.63, 3.8) is 0 Å². The summed E-state index contributed by atoms with van der Waals surface area (Å²) in [5, 5.41) is 0. The minimum absolute atomic E-state index is 0.579. The first-order valence-electron chi connectivity index (χ1n) is 11.3. The maximum atomic E-state index is 2.38. The molecule has 0 unspecified atom stereocenters. The molecular formula is C27H38. The maximum absolute atomic E-state index is 2.38. The van der Waals surface area contributed by atoms with Crippen molar-refractivity contribution in [1.29, 1.82) is 0 Å². The van der Waals surface area contributed by atoms with Gasteiger partial charge in [-0.05, 0) is 60.6 Å². The second-order valence-electron chi connectivity index (χ2n) is 9.05. The van der Waals surface area contributed by atoms with Gasteiger partial charge in [-0.2, -0.15) is 0 Å². The van der Waals surface area contributed by atoms with Crippen molar-refractivity contribution in [2.45, 2.75) is 84.5 Å². The van der Waals surface area contributed by atoms with Crippen LogP contribution in [0.1, 0.15) is 87.0 Å². The molecule has 0 amide bonds. The fraction of sp³-hybridized carbons (Fsp3) is 0.556. The lowest BCUT2D eigenvalue weighted by molar-refractivity contribution is 0.252. The van der Waals surface area contributed by atoms with E-state index in [4.69, 9.17) is 0 Å². The Bertz CT molecular complexity index is 656. The average molecular weight is 363 g/mol. The smallest absolute Gasteiger partial charge is 0.0150 e. The minimum Gasteiger partial charge on any atom is -0.0654 e. The first-order valence-corrected chi connectivity index (χ1v) is 11.3. The van der Waals surface area contributed by atoms with E-state index in [1.165, 1.54) is 73.6 Å². The zero-order valence-electron chi connectivity index (χ0n) is 17.7. The second-order valence-corrected chi connectivity index (χ2v) is 9.05. The summed E-state index contributed by atoms with van der Waals surface area (Å²) >= 11 is 0. The number of rotatable bonds is 8. The van der Waals surface area contributed by atoms with Crippen LogP contribution in [-0.4, -0.2) is 0 Å². The Morgan fingerprint density at radius 2 is 1.33 bits per heavy atom. The van der Waals surface area contributed by atoms with Crippen molar-refractivity contribution in [3.05, 3.63) is 70.8 Å². The number of aryl methyl sites for hydroxylation is 2. The third-order valence-corrected chi connectivity index (χ3v) is 6.72. The van der Waals surface area contributed by atoms with Crippen molar-refractivity contribution in [1.82, 2.24) is 0 Å². The zero-order chi connectivity index (χ0) is 19.1. The third kappa shape index (κ3) is 6.23. The van der Waals surface area contributed by atoms with Gasteiger partial charge in [0.1, 0.15) is 0 Å². The molecule has 0 aromatic heterocycles. The number of hydrogen-bond acceptors (Lipinski definition) is 0. The van der Waals surface area contributed by atoms with E-state index in [0.717, 1.165) is 18.3 Å². The lowest BCUT2D eigenvalue weighted by Crippen LogP contribution is -2.15. The van der Waals surface area contributed by atoms with E-state index >= 15 is 0 Å². The Labute approximate surface area is 167 Å². The molecule has 1 fully saturated rings. The average Bonchev–Trinajstić information content (AvgIpc) is 2.70. The molecule has 1 aliphatic rings. The zero-order valence-corrected chi connectivity index (χ0v) is 17.7. The largest absolute Gasteiger partial charge is 0.0654 e. The number of hydrogen-bond donors (Lipinski definition) is 0. The summed E-state index contributed by atoms with van der Waals surface area (Å²) in [6.07, 6.45) is 12.5. The fourth-order valence-corrected chi connectivity index (χ4v) is 4.80. The predicted molar refractivity (Wildman–Crippen MR) is 118 cm³/mol. The predicted octanol–water partition coefficient (Wildman–Crippen LogP) is 7.88. The van der Waals surface area contributed by atoms with Crippen molar-refractivity contribution in [2.24, 2.45) is 11.8 Å². The molecule has 27 heavy (non-hydrogen) atoms.